The molecule has 0 bridgehead atoms. The summed E-state index contributed by atoms with van der Waals surface area (Å²) in [4.78, 5) is 19.8. The molecule has 11 heteroatoms. The highest BCUT2D eigenvalue weighted by Crippen LogP contribution is 2.29. The van der Waals surface area contributed by atoms with Crippen molar-refractivity contribution in [2.24, 2.45) is 0 Å². The fraction of sp³-hybridized carbons (Fsp3) is 0.300. The van der Waals surface area contributed by atoms with E-state index in [0.717, 1.165) is 12.1 Å². The van der Waals surface area contributed by atoms with Crippen molar-refractivity contribution in [3.05, 3.63) is 65.1 Å². The van der Waals surface area contributed by atoms with E-state index in [1.807, 2.05) is 0 Å². The molecule has 0 radical (unpaired) electrons. The maximum absolute atomic E-state index is 13.3. The molecule has 0 saturated carbocycles. The zero-order valence-corrected chi connectivity index (χ0v) is 17.4. The summed E-state index contributed by atoms with van der Waals surface area (Å²) in [7, 11) is 0. The average Bonchev–Trinajstić information content (AvgIpc) is 3.26. The minimum absolute atomic E-state index is 0.0348. The number of carbonyl (C=O) groups excluding carboxylic acids is 1. The predicted octanol–water partition coefficient (Wildman–Crippen LogP) is 4.26. The topological polar surface area (TPSA) is 73.1 Å². The van der Waals surface area contributed by atoms with Crippen LogP contribution in [0.25, 0.3) is 5.69 Å². The Bertz CT molecular complexity index is 1030. The summed E-state index contributed by atoms with van der Waals surface area (Å²) in [5.41, 5.74) is -0.195. The number of benzene rings is 1. The number of pyridine rings is 1. The molecule has 1 amide bonds. The summed E-state index contributed by atoms with van der Waals surface area (Å²) >= 11 is 6.29. The van der Waals surface area contributed by atoms with Gasteiger partial charge in [0, 0.05) is 18.8 Å². The minimum atomic E-state index is -4.47. The number of halogens is 4. The molecule has 2 aromatic heterocycles. The lowest BCUT2D eigenvalue weighted by molar-refractivity contribution is -0.137. The van der Waals surface area contributed by atoms with Crippen LogP contribution >= 0.6 is 11.6 Å². The molecule has 0 aliphatic heterocycles. The maximum atomic E-state index is 13.3. The van der Waals surface area contributed by atoms with Gasteiger partial charge in [0.15, 0.2) is 0 Å². The number of alkyl halides is 3. The summed E-state index contributed by atoms with van der Waals surface area (Å²) < 4.78 is 43.5. The predicted molar refractivity (Wildman–Crippen MR) is 107 cm³/mol. The van der Waals surface area contributed by atoms with Gasteiger partial charge in [-0.05, 0) is 32.0 Å². The molecule has 0 saturated heterocycles. The third-order valence-electron chi connectivity index (χ3n) is 4.51. The molecule has 0 aliphatic carbocycles. The monoisotopic (exact) mass is 453 g/mol. The number of amides is 1. The van der Waals surface area contributed by atoms with E-state index in [1.165, 1.54) is 17.2 Å². The van der Waals surface area contributed by atoms with Gasteiger partial charge in [0.05, 0.1) is 34.6 Å². The first-order chi connectivity index (χ1) is 14.7. The Kier molecular flexibility index (Phi) is 6.79. The van der Waals surface area contributed by atoms with Gasteiger partial charge in [0.25, 0.3) is 5.91 Å². The van der Waals surface area contributed by atoms with E-state index in [2.05, 4.69) is 15.2 Å². The van der Waals surface area contributed by atoms with Crippen molar-refractivity contribution in [2.45, 2.75) is 26.1 Å². The smallest absolute Gasteiger partial charge is 0.417 e. The first kappa shape index (κ1) is 22.5. The molecular weight excluding hydrogens is 435 g/mol. The van der Waals surface area contributed by atoms with E-state index in [1.54, 1.807) is 36.9 Å². The van der Waals surface area contributed by atoms with Crippen molar-refractivity contribution in [1.82, 2.24) is 24.9 Å². The summed E-state index contributed by atoms with van der Waals surface area (Å²) in [6.45, 7) is 3.97. The fourth-order valence-electron chi connectivity index (χ4n) is 2.96. The van der Waals surface area contributed by atoms with Gasteiger partial charge in [-0.25, -0.2) is 4.98 Å². The van der Waals surface area contributed by atoms with Crippen molar-refractivity contribution in [3.8, 4) is 11.6 Å². The molecule has 2 heterocycles. The summed E-state index contributed by atoms with van der Waals surface area (Å²) in [6, 6.07) is 6.55. The number of carbonyl (C=O) groups is 1. The third-order valence-corrected chi connectivity index (χ3v) is 4.81. The third kappa shape index (κ3) is 5.13. The summed E-state index contributed by atoms with van der Waals surface area (Å²) in [6.07, 6.45) is -0.814. The Labute approximate surface area is 181 Å². The number of aromatic nitrogens is 4. The molecule has 0 fully saturated rings. The van der Waals surface area contributed by atoms with Crippen LogP contribution in [-0.2, 0) is 6.18 Å². The first-order valence-corrected chi connectivity index (χ1v) is 9.72. The Balaban J connectivity index is 1.75. The lowest BCUT2D eigenvalue weighted by Crippen LogP contribution is -2.42. The molecule has 3 aromatic rings. The minimum Gasteiger partial charge on any atom is -0.475 e. The number of nitrogens with zero attached hydrogens (tertiary/aromatic N) is 5. The van der Waals surface area contributed by atoms with Crippen LogP contribution in [0.5, 0.6) is 5.88 Å². The molecule has 0 N–H and O–H groups in total. The Hall–Kier alpha value is -3.14. The number of likely N-dealkylation sites (N-methyl/N-ethyl adjacent to an activating group) is 1. The maximum Gasteiger partial charge on any atom is 0.417 e. The highest BCUT2D eigenvalue weighted by molar-refractivity contribution is 6.33. The first-order valence-electron chi connectivity index (χ1n) is 9.34. The summed E-state index contributed by atoms with van der Waals surface area (Å²) in [5.74, 6) is -0.277. The molecule has 7 nitrogen and oxygen atoms in total. The lowest BCUT2D eigenvalue weighted by atomic mass is 10.1. The second kappa shape index (κ2) is 9.34. The molecule has 1 atom stereocenters. The van der Waals surface area contributed by atoms with E-state index in [-0.39, 0.29) is 18.4 Å². The largest absolute Gasteiger partial charge is 0.475 e. The van der Waals surface area contributed by atoms with Crippen molar-refractivity contribution in [2.75, 3.05) is 13.2 Å². The molecule has 0 unspecified atom stereocenters. The van der Waals surface area contributed by atoms with E-state index in [0.29, 0.717) is 29.0 Å². The summed E-state index contributed by atoms with van der Waals surface area (Å²) in [5, 5.41) is 8.43. The van der Waals surface area contributed by atoms with Crippen LogP contribution in [0.15, 0.2) is 48.9 Å². The standard InChI is InChI=1S/C20H19ClF3N5O2/c1-3-28(13(2)12-31-17-8-7-14(11-25-17)20(22,23)24)19(30)15-5-4-6-16(21)18(15)29-26-9-10-27-29/h4-11,13H,3,12H2,1-2H3/t13-/m0/s1. The van der Waals surface area contributed by atoms with Crippen LogP contribution < -0.4 is 4.74 Å². The number of rotatable bonds is 7. The zero-order chi connectivity index (χ0) is 22.6. The number of ether oxygens (including phenoxy) is 1. The SMILES string of the molecule is CCN(C(=O)c1cccc(Cl)c1-n1nccn1)[C@@H](C)COc1ccc(C(F)(F)F)cn1. The van der Waals surface area contributed by atoms with Gasteiger partial charge in [-0.3, -0.25) is 4.79 Å². The second-order valence-electron chi connectivity index (χ2n) is 6.59. The van der Waals surface area contributed by atoms with Gasteiger partial charge in [0.2, 0.25) is 5.88 Å². The van der Waals surface area contributed by atoms with Crippen LogP contribution in [0.4, 0.5) is 13.2 Å². The van der Waals surface area contributed by atoms with Crippen molar-refractivity contribution in [1.29, 1.82) is 0 Å². The Morgan fingerprint density at radius 2 is 1.94 bits per heavy atom. The van der Waals surface area contributed by atoms with Crippen LogP contribution in [0.3, 0.4) is 0 Å². The second-order valence-corrected chi connectivity index (χ2v) is 7.00. The van der Waals surface area contributed by atoms with Crippen LogP contribution in [0.2, 0.25) is 5.02 Å². The van der Waals surface area contributed by atoms with E-state index in [4.69, 9.17) is 16.3 Å². The van der Waals surface area contributed by atoms with E-state index >= 15 is 0 Å². The average molecular weight is 454 g/mol. The van der Waals surface area contributed by atoms with E-state index in [9.17, 15) is 18.0 Å². The molecule has 1 aromatic carbocycles. The Morgan fingerprint density at radius 3 is 2.52 bits per heavy atom. The molecular formula is C20H19ClF3N5O2. The molecule has 3 rings (SSSR count). The number of hydrogen-bond donors (Lipinski definition) is 0. The lowest BCUT2D eigenvalue weighted by Gasteiger charge is -2.28. The zero-order valence-electron chi connectivity index (χ0n) is 16.7. The molecule has 164 valence electrons. The molecule has 0 spiro atoms. The number of para-hydroxylation sites is 1. The highest BCUT2D eigenvalue weighted by Gasteiger charge is 2.31. The highest BCUT2D eigenvalue weighted by atomic mass is 35.5. The van der Waals surface area contributed by atoms with Crippen LogP contribution in [-0.4, -0.2) is 50.0 Å². The van der Waals surface area contributed by atoms with Gasteiger partial charge >= 0.3 is 6.18 Å². The van der Waals surface area contributed by atoms with Crippen molar-refractivity contribution < 1.29 is 22.7 Å². The normalized spacial score (nSPS) is 12.5. The van der Waals surface area contributed by atoms with Gasteiger partial charge in [0.1, 0.15) is 12.3 Å². The molecule has 31 heavy (non-hydrogen) atoms. The van der Waals surface area contributed by atoms with Crippen LogP contribution in [0, 0.1) is 0 Å². The fourth-order valence-corrected chi connectivity index (χ4v) is 3.21. The van der Waals surface area contributed by atoms with Gasteiger partial charge < -0.3 is 9.64 Å². The van der Waals surface area contributed by atoms with Gasteiger partial charge in [-0.2, -0.15) is 23.4 Å². The van der Waals surface area contributed by atoms with Gasteiger partial charge in [-0.1, -0.05) is 17.7 Å². The van der Waals surface area contributed by atoms with E-state index < -0.39 is 17.8 Å². The number of hydrogen-bond acceptors (Lipinski definition) is 5. The Morgan fingerprint density at radius 1 is 1.23 bits per heavy atom. The quantitative estimate of drug-likeness (QED) is 0.534. The molecule has 0 aliphatic rings. The van der Waals surface area contributed by atoms with Gasteiger partial charge in [-0.15, -0.1) is 4.80 Å². The van der Waals surface area contributed by atoms with Crippen LogP contribution in [0.1, 0.15) is 29.8 Å². The van der Waals surface area contributed by atoms with Crippen molar-refractivity contribution >= 4 is 17.5 Å². The van der Waals surface area contributed by atoms with Crippen molar-refractivity contribution in [3.63, 3.8) is 0 Å².